The summed E-state index contributed by atoms with van der Waals surface area (Å²) in [5.74, 6) is 0.700. The summed E-state index contributed by atoms with van der Waals surface area (Å²) in [5.41, 5.74) is 0. The lowest BCUT2D eigenvalue weighted by Crippen LogP contribution is -2.16. The molecule has 98 valence electrons. The Morgan fingerprint density at radius 2 is 2.17 bits per heavy atom. The van der Waals surface area contributed by atoms with Crippen LogP contribution in [0.1, 0.15) is 11.3 Å². The molecule has 0 aliphatic heterocycles. The Hall–Kier alpha value is -1.10. The highest BCUT2D eigenvalue weighted by atomic mass is 35.5. The molecule has 0 saturated heterocycles. The molecular weight excluding hydrogens is 268 g/mol. The number of pyridine rings is 1. The van der Waals surface area contributed by atoms with E-state index in [1.807, 2.05) is 18.2 Å². The zero-order valence-corrected chi connectivity index (χ0v) is 11.7. The van der Waals surface area contributed by atoms with E-state index < -0.39 is 0 Å². The SMILES string of the molecule is Cl.c1ccc(OCCCNCc2cccs2)nc1. The van der Waals surface area contributed by atoms with Crippen molar-refractivity contribution in [3.05, 3.63) is 46.8 Å². The molecule has 0 saturated carbocycles. The van der Waals surface area contributed by atoms with Gasteiger partial charge in [-0.1, -0.05) is 12.1 Å². The van der Waals surface area contributed by atoms with Gasteiger partial charge >= 0.3 is 0 Å². The third-order valence-electron chi connectivity index (χ3n) is 2.26. The van der Waals surface area contributed by atoms with Gasteiger partial charge in [-0.15, -0.1) is 23.7 Å². The fraction of sp³-hybridized carbons (Fsp3) is 0.308. The molecule has 0 bridgehead atoms. The minimum Gasteiger partial charge on any atom is -0.478 e. The Bertz CT molecular complexity index is 408. The van der Waals surface area contributed by atoms with E-state index in [0.29, 0.717) is 12.5 Å². The maximum absolute atomic E-state index is 5.49. The van der Waals surface area contributed by atoms with E-state index in [4.69, 9.17) is 4.74 Å². The van der Waals surface area contributed by atoms with Gasteiger partial charge in [0.05, 0.1) is 6.61 Å². The summed E-state index contributed by atoms with van der Waals surface area (Å²) in [6.07, 6.45) is 2.73. The minimum absolute atomic E-state index is 0. The summed E-state index contributed by atoms with van der Waals surface area (Å²) in [7, 11) is 0. The summed E-state index contributed by atoms with van der Waals surface area (Å²) >= 11 is 1.78. The molecule has 3 nitrogen and oxygen atoms in total. The van der Waals surface area contributed by atoms with Gasteiger partial charge in [0.15, 0.2) is 0 Å². The molecule has 2 rings (SSSR count). The summed E-state index contributed by atoms with van der Waals surface area (Å²) in [4.78, 5) is 5.47. The van der Waals surface area contributed by atoms with Gasteiger partial charge in [0.2, 0.25) is 5.88 Å². The van der Waals surface area contributed by atoms with Gasteiger partial charge in [0.25, 0.3) is 0 Å². The van der Waals surface area contributed by atoms with Crippen molar-refractivity contribution in [3.8, 4) is 5.88 Å². The third kappa shape index (κ3) is 5.49. The quantitative estimate of drug-likeness (QED) is 0.793. The number of nitrogens with zero attached hydrogens (tertiary/aromatic N) is 1. The van der Waals surface area contributed by atoms with Crippen LogP contribution in [-0.4, -0.2) is 18.1 Å². The normalized spacial score (nSPS) is 9.78. The van der Waals surface area contributed by atoms with E-state index in [9.17, 15) is 0 Å². The van der Waals surface area contributed by atoms with Gasteiger partial charge in [-0.05, 0) is 30.5 Å². The van der Waals surface area contributed by atoms with Gasteiger partial charge in [-0.2, -0.15) is 0 Å². The van der Waals surface area contributed by atoms with Crippen LogP contribution < -0.4 is 10.1 Å². The Balaban J connectivity index is 0.00000162. The first kappa shape index (κ1) is 15.0. The minimum atomic E-state index is 0. The smallest absolute Gasteiger partial charge is 0.213 e. The molecule has 0 spiro atoms. The Morgan fingerprint density at radius 1 is 1.22 bits per heavy atom. The Kier molecular flexibility index (Phi) is 7.41. The molecule has 0 unspecified atom stereocenters. The highest BCUT2D eigenvalue weighted by molar-refractivity contribution is 7.09. The van der Waals surface area contributed by atoms with E-state index in [1.54, 1.807) is 17.5 Å². The van der Waals surface area contributed by atoms with Crippen LogP contribution >= 0.6 is 23.7 Å². The molecule has 0 atom stereocenters. The number of halogens is 1. The fourth-order valence-electron chi connectivity index (χ4n) is 1.43. The first-order chi connectivity index (χ1) is 8.45. The van der Waals surface area contributed by atoms with Crippen molar-refractivity contribution < 1.29 is 4.74 Å². The van der Waals surface area contributed by atoms with Crippen molar-refractivity contribution in [2.45, 2.75) is 13.0 Å². The number of aromatic nitrogens is 1. The lowest BCUT2D eigenvalue weighted by atomic mass is 10.4. The maximum atomic E-state index is 5.49. The fourth-order valence-corrected chi connectivity index (χ4v) is 2.11. The van der Waals surface area contributed by atoms with Crippen molar-refractivity contribution >= 4 is 23.7 Å². The number of hydrogen-bond acceptors (Lipinski definition) is 4. The zero-order valence-electron chi connectivity index (χ0n) is 10.0. The highest BCUT2D eigenvalue weighted by Crippen LogP contribution is 2.07. The first-order valence-electron chi connectivity index (χ1n) is 5.72. The molecule has 2 heterocycles. The Labute approximate surface area is 118 Å². The van der Waals surface area contributed by atoms with Crippen molar-refractivity contribution in [2.24, 2.45) is 0 Å². The Morgan fingerprint density at radius 3 is 2.89 bits per heavy atom. The van der Waals surface area contributed by atoms with Crippen LogP contribution in [0.3, 0.4) is 0 Å². The van der Waals surface area contributed by atoms with Gasteiger partial charge in [-0.3, -0.25) is 0 Å². The molecule has 0 aliphatic carbocycles. The van der Waals surface area contributed by atoms with Crippen LogP contribution in [0.5, 0.6) is 5.88 Å². The highest BCUT2D eigenvalue weighted by Gasteiger charge is 1.94. The van der Waals surface area contributed by atoms with Crippen LogP contribution in [0.15, 0.2) is 41.9 Å². The molecule has 0 fully saturated rings. The number of thiophene rings is 1. The van der Waals surface area contributed by atoms with E-state index in [2.05, 4.69) is 27.8 Å². The lowest BCUT2D eigenvalue weighted by Gasteiger charge is -2.05. The number of ether oxygens (including phenoxy) is 1. The van der Waals surface area contributed by atoms with Crippen LogP contribution in [0, 0.1) is 0 Å². The second kappa shape index (κ2) is 8.91. The van der Waals surface area contributed by atoms with Crippen LogP contribution in [-0.2, 0) is 6.54 Å². The molecule has 5 heteroatoms. The van der Waals surface area contributed by atoms with Gasteiger partial charge in [0.1, 0.15) is 0 Å². The van der Waals surface area contributed by atoms with Crippen molar-refractivity contribution in [2.75, 3.05) is 13.2 Å². The molecule has 0 aliphatic rings. The molecule has 0 radical (unpaired) electrons. The van der Waals surface area contributed by atoms with Gasteiger partial charge < -0.3 is 10.1 Å². The summed E-state index contributed by atoms with van der Waals surface area (Å²) < 4.78 is 5.49. The average molecular weight is 285 g/mol. The van der Waals surface area contributed by atoms with Crippen LogP contribution in [0.25, 0.3) is 0 Å². The monoisotopic (exact) mass is 284 g/mol. The predicted molar refractivity (Wildman–Crippen MR) is 77.6 cm³/mol. The predicted octanol–water partition coefficient (Wildman–Crippen LogP) is 3.12. The third-order valence-corrected chi connectivity index (χ3v) is 3.14. The number of rotatable bonds is 7. The molecule has 2 aromatic heterocycles. The van der Waals surface area contributed by atoms with Gasteiger partial charge in [-0.25, -0.2) is 4.98 Å². The lowest BCUT2D eigenvalue weighted by molar-refractivity contribution is 0.297. The van der Waals surface area contributed by atoms with Gasteiger partial charge in [0, 0.05) is 23.7 Å². The van der Waals surface area contributed by atoms with E-state index in [-0.39, 0.29) is 12.4 Å². The topological polar surface area (TPSA) is 34.1 Å². The second-order valence-electron chi connectivity index (χ2n) is 3.63. The van der Waals surface area contributed by atoms with Crippen LogP contribution in [0.4, 0.5) is 0 Å². The standard InChI is InChI=1S/C13H16N2OS.ClH/c1-2-8-15-13(6-1)16-9-4-7-14-11-12-5-3-10-17-12;/h1-3,5-6,8,10,14H,4,7,9,11H2;1H. The number of nitrogens with one attached hydrogen (secondary N) is 1. The van der Waals surface area contributed by atoms with Crippen LogP contribution in [0.2, 0.25) is 0 Å². The summed E-state index contributed by atoms with van der Waals surface area (Å²) in [6, 6.07) is 9.90. The summed E-state index contributed by atoms with van der Waals surface area (Å²) in [6.45, 7) is 2.61. The maximum Gasteiger partial charge on any atom is 0.213 e. The van der Waals surface area contributed by atoms with E-state index >= 15 is 0 Å². The molecular formula is C13H17ClN2OS. The average Bonchev–Trinajstić information content (AvgIpc) is 2.88. The number of hydrogen-bond donors (Lipinski definition) is 1. The molecule has 1 N–H and O–H groups in total. The zero-order chi connectivity index (χ0) is 11.8. The molecule has 2 aromatic rings. The van der Waals surface area contributed by atoms with Crippen molar-refractivity contribution in [3.63, 3.8) is 0 Å². The van der Waals surface area contributed by atoms with E-state index in [1.165, 1.54) is 4.88 Å². The molecule has 18 heavy (non-hydrogen) atoms. The van der Waals surface area contributed by atoms with Crippen molar-refractivity contribution in [1.82, 2.24) is 10.3 Å². The van der Waals surface area contributed by atoms with Crippen molar-refractivity contribution in [1.29, 1.82) is 0 Å². The first-order valence-corrected chi connectivity index (χ1v) is 6.60. The largest absolute Gasteiger partial charge is 0.478 e. The molecule has 0 amide bonds. The summed E-state index contributed by atoms with van der Waals surface area (Å²) in [5, 5.41) is 5.48. The molecule has 0 aromatic carbocycles. The second-order valence-corrected chi connectivity index (χ2v) is 4.66. The van der Waals surface area contributed by atoms with E-state index in [0.717, 1.165) is 19.5 Å².